The lowest BCUT2D eigenvalue weighted by Crippen LogP contribution is -2.15. The summed E-state index contributed by atoms with van der Waals surface area (Å²) in [7, 11) is 0. The van der Waals surface area contributed by atoms with E-state index < -0.39 is 12.0 Å². The van der Waals surface area contributed by atoms with E-state index in [1.165, 1.54) is 22.7 Å². The lowest BCUT2D eigenvalue weighted by molar-refractivity contribution is 0.0995. The van der Waals surface area contributed by atoms with Crippen LogP contribution in [0.4, 0.5) is 0 Å². The molecule has 1 amide bonds. The van der Waals surface area contributed by atoms with Crippen LogP contribution in [0.1, 0.15) is 28.9 Å². The third kappa shape index (κ3) is 3.81. The maximum Gasteiger partial charge on any atom is 0.268 e. The number of aryl methyl sites for hydroxylation is 1. The number of carbonyl (C=O) groups is 1. The molecule has 2 aromatic carbocycles. The predicted molar refractivity (Wildman–Crippen MR) is 93.6 cm³/mol. The monoisotopic (exact) mass is 323 g/mol. The van der Waals surface area contributed by atoms with Crippen molar-refractivity contribution in [1.29, 1.82) is 0 Å². The highest BCUT2D eigenvalue weighted by Crippen LogP contribution is 2.20. The zero-order valence-corrected chi connectivity index (χ0v) is 13.4. The Labute approximate surface area is 140 Å². The molecule has 24 heavy (non-hydrogen) atoms. The summed E-state index contributed by atoms with van der Waals surface area (Å²) >= 11 is 0. The molecule has 1 heterocycles. The fourth-order valence-electron chi connectivity index (χ4n) is 2.96. The van der Waals surface area contributed by atoms with Crippen LogP contribution in [0.15, 0.2) is 55.0 Å². The molecule has 3 rings (SSSR count). The molecule has 0 radical (unpaired) electrons. The van der Waals surface area contributed by atoms with Crippen molar-refractivity contribution in [2.24, 2.45) is 5.73 Å². The van der Waals surface area contributed by atoms with Crippen LogP contribution < -0.4 is 5.73 Å². The molecule has 1 atom stereocenters. The van der Waals surface area contributed by atoms with Crippen LogP contribution in [0, 0.1) is 0 Å². The van der Waals surface area contributed by atoms with Crippen LogP contribution in [0.3, 0.4) is 0 Å². The van der Waals surface area contributed by atoms with Gasteiger partial charge in [-0.2, -0.15) is 0 Å². The van der Waals surface area contributed by atoms with Gasteiger partial charge in [-0.1, -0.05) is 42.5 Å². The number of hydrogen-bond acceptors (Lipinski definition) is 3. The molecule has 0 saturated heterocycles. The topological polar surface area (TPSA) is 81.1 Å². The summed E-state index contributed by atoms with van der Waals surface area (Å²) in [4.78, 5) is 14.9. The summed E-state index contributed by atoms with van der Waals surface area (Å²) in [6.45, 7) is 0.413. The van der Waals surface area contributed by atoms with E-state index in [0.717, 1.165) is 12.8 Å². The van der Waals surface area contributed by atoms with Crippen molar-refractivity contribution in [2.75, 3.05) is 0 Å². The summed E-state index contributed by atoms with van der Waals surface area (Å²) in [5.74, 6) is -0.556. The van der Waals surface area contributed by atoms with Crippen molar-refractivity contribution in [3.8, 4) is 0 Å². The fourth-order valence-corrected chi connectivity index (χ4v) is 2.96. The number of primary amides is 1. The van der Waals surface area contributed by atoms with E-state index in [4.69, 9.17) is 5.73 Å². The van der Waals surface area contributed by atoms with Crippen molar-refractivity contribution in [3.05, 3.63) is 66.2 Å². The number of aliphatic hydroxyl groups is 1. The molecule has 3 aromatic rings. The molecule has 0 aliphatic carbocycles. The van der Waals surface area contributed by atoms with Crippen molar-refractivity contribution in [3.63, 3.8) is 0 Å². The molecule has 0 aliphatic heterocycles. The highest BCUT2D eigenvalue weighted by Gasteiger charge is 2.09. The summed E-state index contributed by atoms with van der Waals surface area (Å²) in [5, 5.41) is 12.7. The number of carbonyl (C=O) groups excluding carboxylic acids is 1. The van der Waals surface area contributed by atoms with Crippen LogP contribution in [0.25, 0.3) is 10.8 Å². The highest BCUT2D eigenvalue weighted by molar-refractivity contribution is 5.90. The van der Waals surface area contributed by atoms with Gasteiger partial charge in [0.25, 0.3) is 5.91 Å². The average Bonchev–Trinajstić information content (AvgIpc) is 3.04. The van der Waals surface area contributed by atoms with Crippen LogP contribution in [0.5, 0.6) is 0 Å². The molecule has 0 saturated carbocycles. The first kappa shape index (κ1) is 16.2. The molecule has 0 bridgehead atoms. The smallest absolute Gasteiger partial charge is 0.268 e. The number of hydrogen-bond donors (Lipinski definition) is 2. The minimum Gasteiger partial charge on any atom is -0.391 e. The van der Waals surface area contributed by atoms with E-state index in [2.05, 4.69) is 41.4 Å². The first-order valence-corrected chi connectivity index (χ1v) is 8.10. The first-order chi connectivity index (χ1) is 11.6. The lowest BCUT2D eigenvalue weighted by atomic mass is 9.99. The third-order valence-corrected chi connectivity index (χ3v) is 4.17. The summed E-state index contributed by atoms with van der Waals surface area (Å²) in [5.41, 5.74) is 6.70. The number of amides is 1. The van der Waals surface area contributed by atoms with Gasteiger partial charge < -0.3 is 15.4 Å². The fraction of sp³-hybridized carbons (Fsp3) is 0.263. The van der Waals surface area contributed by atoms with Gasteiger partial charge in [-0.15, -0.1) is 0 Å². The highest BCUT2D eigenvalue weighted by atomic mass is 16.3. The number of imidazole rings is 1. The zero-order valence-electron chi connectivity index (χ0n) is 13.4. The van der Waals surface area contributed by atoms with Crippen LogP contribution >= 0.6 is 0 Å². The number of nitrogens with two attached hydrogens (primary N) is 1. The second kappa shape index (κ2) is 7.27. The molecular weight excluding hydrogens is 302 g/mol. The van der Waals surface area contributed by atoms with Gasteiger partial charge >= 0.3 is 0 Å². The van der Waals surface area contributed by atoms with E-state index in [0.29, 0.717) is 13.0 Å². The minimum absolute atomic E-state index is 0.220. The van der Waals surface area contributed by atoms with Gasteiger partial charge in [-0.3, -0.25) is 4.79 Å². The lowest BCUT2D eigenvalue weighted by Gasteiger charge is -2.12. The quantitative estimate of drug-likeness (QED) is 0.701. The van der Waals surface area contributed by atoms with Gasteiger partial charge in [-0.25, -0.2) is 4.98 Å². The molecule has 0 unspecified atom stereocenters. The van der Waals surface area contributed by atoms with E-state index in [1.807, 2.05) is 6.07 Å². The van der Waals surface area contributed by atoms with Crippen LogP contribution in [-0.4, -0.2) is 26.7 Å². The van der Waals surface area contributed by atoms with E-state index in [-0.39, 0.29) is 5.69 Å². The molecule has 0 fully saturated rings. The van der Waals surface area contributed by atoms with Gasteiger partial charge in [0.05, 0.1) is 12.4 Å². The Hall–Kier alpha value is -2.66. The first-order valence-electron chi connectivity index (χ1n) is 8.10. The van der Waals surface area contributed by atoms with Crippen molar-refractivity contribution in [1.82, 2.24) is 9.55 Å². The van der Waals surface area contributed by atoms with E-state index >= 15 is 0 Å². The standard InChI is InChI=1S/C19H21N3O2/c20-19(24)18-12-22(13-21-18)11-16(23)9-4-8-15-7-3-6-14-5-1-2-10-17(14)15/h1-3,5-7,10,12-13,16,23H,4,8-9,11H2,(H2,20,24)/t16-/m0/s1. The summed E-state index contributed by atoms with van der Waals surface area (Å²) in [6.07, 6.45) is 5.12. The molecule has 5 heteroatoms. The van der Waals surface area contributed by atoms with Crippen molar-refractivity contribution in [2.45, 2.75) is 31.9 Å². The number of rotatable bonds is 7. The minimum atomic E-state index is -0.556. The maximum atomic E-state index is 11.0. The van der Waals surface area contributed by atoms with Crippen molar-refractivity contribution < 1.29 is 9.90 Å². The third-order valence-electron chi connectivity index (χ3n) is 4.17. The Kier molecular flexibility index (Phi) is 4.91. The average molecular weight is 323 g/mol. The molecular formula is C19H21N3O2. The van der Waals surface area contributed by atoms with Gasteiger partial charge in [-0.05, 0) is 35.6 Å². The van der Waals surface area contributed by atoms with Gasteiger partial charge in [0.1, 0.15) is 5.69 Å². The molecule has 5 nitrogen and oxygen atoms in total. The van der Waals surface area contributed by atoms with Crippen LogP contribution in [0.2, 0.25) is 0 Å². The van der Waals surface area contributed by atoms with E-state index in [9.17, 15) is 9.90 Å². The second-order valence-corrected chi connectivity index (χ2v) is 6.00. The summed E-state index contributed by atoms with van der Waals surface area (Å²) < 4.78 is 1.70. The van der Waals surface area contributed by atoms with Gasteiger partial charge in [0.2, 0.25) is 0 Å². The number of nitrogens with zero attached hydrogens (tertiary/aromatic N) is 2. The van der Waals surface area contributed by atoms with Gasteiger partial charge in [0, 0.05) is 12.7 Å². The predicted octanol–water partition coefficient (Wildman–Crippen LogP) is 2.52. The normalized spacial score (nSPS) is 12.4. The second-order valence-electron chi connectivity index (χ2n) is 6.00. The Morgan fingerprint density at radius 2 is 2.00 bits per heavy atom. The van der Waals surface area contributed by atoms with Crippen LogP contribution in [-0.2, 0) is 13.0 Å². The summed E-state index contributed by atoms with van der Waals surface area (Å²) in [6, 6.07) is 14.7. The maximum absolute atomic E-state index is 11.0. The largest absolute Gasteiger partial charge is 0.391 e. The van der Waals surface area contributed by atoms with Crippen molar-refractivity contribution >= 4 is 16.7 Å². The number of fused-ring (bicyclic) bond motifs is 1. The SMILES string of the molecule is NC(=O)c1cn(C[C@@H](O)CCCc2cccc3ccccc23)cn1. The van der Waals surface area contributed by atoms with E-state index in [1.54, 1.807) is 10.8 Å². The molecule has 0 aliphatic rings. The molecule has 124 valence electrons. The molecule has 0 spiro atoms. The number of aromatic nitrogens is 2. The Morgan fingerprint density at radius 1 is 1.21 bits per heavy atom. The number of aliphatic hydroxyl groups excluding tert-OH is 1. The zero-order chi connectivity index (χ0) is 16.9. The van der Waals surface area contributed by atoms with Gasteiger partial charge in [0.15, 0.2) is 0 Å². The molecule has 3 N–H and O–H groups in total. The molecule has 1 aromatic heterocycles. The Bertz CT molecular complexity index is 836. The Morgan fingerprint density at radius 3 is 2.79 bits per heavy atom. The number of benzene rings is 2. The Balaban J connectivity index is 1.54.